The molecule has 0 atom stereocenters. The summed E-state index contributed by atoms with van der Waals surface area (Å²) < 4.78 is 19.2. The summed E-state index contributed by atoms with van der Waals surface area (Å²) in [6.07, 6.45) is 3.13. The monoisotopic (exact) mass is 258 g/mol. The SMILES string of the molecule is OC1CCC(OCc2cccc(Cl)c2F)CC1. The van der Waals surface area contributed by atoms with E-state index in [4.69, 9.17) is 16.3 Å². The summed E-state index contributed by atoms with van der Waals surface area (Å²) in [5, 5.41) is 9.49. The maximum atomic E-state index is 13.6. The lowest BCUT2D eigenvalue weighted by Gasteiger charge is -2.25. The Morgan fingerprint density at radius 2 is 2.00 bits per heavy atom. The van der Waals surface area contributed by atoms with Crippen LogP contribution in [0.1, 0.15) is 31.2 Å². The lowest BCUT2D eigenvalue weighted by atomic mass is 9.95. The van der Waals surface area contributed by atoms with Crippen LogP contribution in [0.3, 0.4) is 0 Å². The normalized spacial score (nSPS) is 24.9. The lowest BCUT2D eigenvalue weighted by Crippen LogP contribution is -2.24. The Kier molecular flexibility index (Phi) is 4.37. The van der Waals surface area contributed by atoms with Crippen molar-refractivity contribution in [2.75, 3.05) is 0 Å². The average Bonchev–Trinajstić information content (AvgIpc) is 2.33. The molecule has 0 aromatic heterocycles. The first kappa shape index (κ1) is 12.8. The standard InChI is InChI=1S/C13H16ClFO2/c14-12-3-1-2-9(13(12)15)8-17-11-6-4-10(16)5-7-11/h1-3,10-11,16H,4-8H2. The summed E-state index contributed by atoms with van der Waals surface area (Å²) in [4.78, 5) is 0. The fourth-order valence-corrected chi connectivity index (χ4v) is 2.27. The van der Waals surface area contributed by atoms with Crippen molar-refractivity contribution in [1.82, 2.24) is 0 Å². The summed E-state index contributed by atoms with van der Waals surface area (Å²) in [5.41, 5.74) is 0.489. The quantitative estimate of drug-likeness (QED) is 0.901. The van der Waals surface area contributed by atoms with Crippen LogP contribution in [0.4, 0.5) is 4.39 Å². The van der Waals surface area contributed by atoms with E-state index in [2.05, 4.69) is 0 Å². The Labute approximate surface area is 105 Å². The predicted molar refractivity (Wildman–Crippen MR) is 64.5 cm³/mol. The molecule has 0 amide bonds. The zero-order valence-electron chi connectivity index (χ0n) is 9.53. The van der Waals surface area contributed by atoms with E-state index in [1.165, 1.54) is 6.07 Å². The average molecular weight is 259 g/mol. The molecule has 1 saturated carbocycles. The second-order valence-corrected chi connectivity index (χ2v) is 4.86. The number of rotatable bonds is 3. The van der Waals surface area contributed by atoms with E-state index < -0.39 is 5.82 Å². The molecule has 1 N–H and O–H groups in total. The zero-order chi connectivity index (χ0) is 12.3. The van der Waals surface area contributed by atoms with E-state index in [9.17, 15) is 9.50 Å². The van der Waals surface area contributed by atoms with Gasteiger partial charge in [-0.3, -0.25) is 0 Å². The first-order valence-electron chi connectivity index (χ1n) is 5.89. The highest BCUT2D eigenvalue weighted by molar-refractivity contribution is 6.30. The van der Waals surface area contributed by atoms with Crippen molar-refractivity contribution in [1.29, 1.82) is 0 Å². The number of benzene rings is 1. The molecule has 2 nitrogen and oxygen atoms in total. The van der Waals surface area contributed by atoms with Crippen molar-refractivity contribution >= 4 is 11.6 Å². The molecule has 1 fully saturated rings. The van der Waals surface area contributed by atoms with Crippen LogP contribution in [-0.4, -0.2) is 17.3 Å². The van der Waals surface area contributed by atoms with Gasteiger partial charge in [0.2, 0.25) is 0 Å². The number of halogens is 2. The highest BCUT2D eigenvalue weighted by atomic mass is 35.5. The summed E-state index contributed by atoms with van der Waals surface area (Å²) in [7, 11) is 0. The largest absolute Gasteiger partial charge is 0.393 e. The van der Waals surface area contributed by atoms with Gasteiger partial charge in [0.1, 0.15) is 5.82 Å². The highest BCUT2D eigenvalue weighted by Gasteiger charge is 2.20. The molecular formula is C13H16ClFO2. The fraction of sp³-hybridized carbons (Fsp3) is 0.538. The molecule has 94 valence electrons. The number of hydrogen-bond donors (Lipinski definition) is 1. The molecule has 0 radical (unpaired) electrons. The number of aliphatic hydroxyl groups is 1. The summed E-state index contributed by atoms with van der Waals surface area (Å²) in [5.74, 6) is -0.398. The molecule has 17 heavy (non-hydrogen) atoms. The Morgan fingerprint density at radius 1 is 1.29 bits per heavy atom. The third-order valence-corrected chi connectivity index (χ3v) is 3.44. The molecule has 2 rings (SSSR count). The molecule has 0 unspecified atom stereocenters. The molecule has 4 heteroatoms. The molecule has 1 aliphatic carbocycles. The topological polar surface area (TPSA) is 29.5 Å². The van der Waals surface area contributed by atoms with Crippen LogP contribution < -0.4 is 0 Å². The van der Waals surface area contributed by atoms with Gasteiger partial charge in [0.25, 0.3) is 0 Å². The predicted octanol–water partition coefficient (Wildman–Crippen LogP) is 3.30. The van der Waals surface area contributed by atoms with Crippen molar-refractivity contribution in [2.24, 2.45) is 0 Å². The van der Waals surface area contributed by atoms with E-state index in [1.807, 2.05) is 0 Å². The third-order valence-electron chi connectivity index (χ3n) is 3.15. The number of hydrogen-bond acceptors (Lipinski definition) is 2. The summed E-state index contributed by atoms with van der Waals surface area (Å²) >= 11 is 5.69. The van der Waals surface area contributed by atoms with Gasteiger partial charge in [0, 0.05) is 5.56 Å². The van der Waals surface area contributed by atoms with Crippen LogP contribution in [0.15, 0.2) is 18.2 Å². The van der Waals surface area contributed by atoms with E-state index >= 15 is 0 Å². The van der Waals surface area contributed by atoms with Gasteiger partial charge in [-0.25, -0.2) is 4.39 Å². The molecule has 0 aliphatic heterocycles. The van der Waals surface area contributed by atoms with Crippen LogP contribution in [0.5, 0.6) is 0 Å². The van der Waals surface area contributed by atoms with Crippen LogP contribution in [0, 0.1) is 5.82 Å². The lowest BCUT2D eigenvalue weighted by molar-refractivity contribution is -0.0127. The fourth-order valence-electron chi connectivity index (χ4n) is 2.08. The Bertz CT molecular complexity index is 376. The van der Waals surface area contributed by atoms with Crippen LogP contribution in [-0.2, 0) is 11.3 Å². The second-order valence-electron chi connectivity index (χ2n) is 4.45. The van der Waals surface area contributed by atoms with Crippen LogP contribution >= 0.6 is 11.6 Å². The Morgan fingerprint density at radius 3 is 2.71 bits per heavy atom. The van der Waals surface area contributed by atoms with E-state index in [1.54, 1.807) is 12.1 Å². The van der Waals surface area contributed by atoms with Crippen molar-refractivity contribution < 1.29 is 14.2 Å². The maximum absolute atomic E-state index is 13.6. The van der Waals surface area contributed by atoms with Crippen LogP contribution in [0.2, 0.25) is 5.02 Å². The molecule has 0 spiro atoms. The van der Waals surface area contributed by atoms with Gasteiger partial charge >= 0.3 is 0 Å². The van der Waals surface area contributed by atoms with Crippen molar-refractivity contribution in [3.8, 4) is 0 Å². The smallest absolute Gasteiger partial charge is 0.147 e. The number of ether oxygens (including phenoxy) is 1. The minimum atomic E-state index is -0.398. The van der Waals surface area contributed by atoms with Gasteiger partial charge in [-0.2, -0.15) is 0 Å². The van der Waals surface area contributed by atoms with Gasteiger partial charge < -0.3 is 9.84 Å². The van der Waals surface area contributed by atoms with Crippen molar-refractivity contribution in [3.63, 3.8) is 0 Å². The molecule has 0 heterocycles. The van der Waals surface area contributed by atoms with Gasteiger partial charge in [-0.05, 0) is 31.7 Å². The molecule has 1 aliphatic rings. The highest BCUT2D eigenvalue weighted by Crippen LogP contribution is 2.24. The minimum absolute atomic E-state index is 0.122. The molecular weight excluding hydrogens is 243 g/mol. The van der Waals surface area contributed by atoms with E-state index in [0.29, 0.717) is 5.56 Å². The summed E-state index contributed by atoms with van der Waals surface area (Å²) in [6.45, 7) is 0.243. The first-order chi connectivity index (χ1) is 8.16. The Hall–Kier alpha value is -0.640. The van der Waals surface area contributed by atoms with Crippen molar-refractivity contribution in [2.45, 2.75) is 44.5 Å². The first-order valence-corrected chi connectivity index (χ1v) is 6.27. The van der Waals surface area contributed by atoms with Crippen molar-refractivity contribution in [3.05, 3.63) is 34.6 Å². The summed E-state index contributed by atoms with van der Waals surface area (Å²) in [6, 6.07) is 4.92. The second kappa shape index (κ2) is 5.80. The molecule has 0 bridgehead atoms. The van der Waals surface area contributed by atoms with Gasteiger partial charge in [0.15, 0.2) is 0 Å². The molecule has 1 aromatic carbocycles. The number of aliphatic hydroxyl groups excluding tert-OH is 1. The zero-order valence-corrected chi connectivity index (χ0v) is 10.3. The molecule has 0 saturated heterocycles. The minimum Gasteiger partial charge on any atom is -0.393 e. The maximum Gasteiger partial charge on any atom is 0.147 e. The van der Waals surface area contributed by atoms with Gasteiger partial charge in [0.05, 0.1) is 23.8 Å². The van der Waals surface area contributed by atoms with Gasteiger partial charge in [-0.15, -0.1) is 0 Å². The van der Waals surface area contributed by atoms with E-state index in [-0.39, 0.29) is 23.8 Å². The van der Waals surface area contributed by atoms with Gasteiger partial charge in [-0.1, -0.05) is 23.7 Å². The van der Waals surface area contributed by atoms with Crippen LogP contribution in [0.25, 0.3) is 0 Å². The molecule has 1 aromatic rings. The Balaban J connectivity index is 1.87. The van der Waals surface area contributed by atoms with E-state index in [0.717, 1.165) is 25.7 Å². The third kappa shape index (κ3) is 3.41.